The smallest absolute Gasteiger partial charge is 0.123 e. The molecule has 2 aromatic carbocycles. The normalized spacial score (nSPS) is 10.4. The Bertz CT molecular complexity index is 514. The van der Waals surface area contributed by atoms with Crippen molar-refractivity contribution in [3.8, 4) is 5.75 Å². The molecule has 18 heavy (non-hydrogen) atoms. The number of benzene rings is 2. The SMILES string of the molecule is Cc1cccc(C)c1COc1ccccc1CBr. The van der Waals surface area contributed by atoms with Crippen LogP contribution in [0.4, 0.5) is 0 Å². The van der Waals surface area contributed by atoms with Crippen molar-refractivity contribution in [2.45, 2.75) is 25.8 Å². The van der Waals surface area contributed by atoms with Gasteiger partial charge in [-0.1, -0.05) is 52.3 Å². The first-order valence-electron chi connectivity index (χ1n) is 6.04. The van der Waals surface area contributed by atoms with E-state index in [1.807, 2.05) is 18.2 Å². The highest BCUT2D eigenvalue weighted by molar-refractivity contribution is 9.08. The highest BCUT2D eigenvalue weighted by Gasteiger charge is 2.05. The molecule has 0 radical (unpaired) electrons. The Kier molecular flexibility index (Phi) is 4.43. The van der Waals surface area contributed by atoms with Crippen LogP contribution in [-0.4, -0.2) is 0 Å². The van der Waals surface area contributed by atoms with Crippen molar-refractivity contribution in [2.24, 2.45) is 0 Å². The van der Waals surface area contributed by atoms with Crippen molar-refractivity contribution in [3.63, 3.8) is 0 Å². The Morgan fingerprint density at radius 1 is 0.944 bits per heavy atom. The largest absolute Gasteiger partial charge is 0.489 e. The summed E-state index contributed by atoms with van der Waals surface area (Å²) in [6.45, 7) is 4.88. The summed E-state index contributed by atoms with van der Waals surface area (Å²) in [7, 11) is 0. The van der Waals surface area contributed by atoms with E-state index in [-0.39, 0.29) is 0 Å². The monoisotopic (exact) mass is 304 g/mol. The predicted octanol–water partition coefficient (Wildman–Crippen LogP) is 4.78. The van der Waals surface area contributed by atoms with Crippen molar-refractivity contribution in [2.75, 3.05) is 0 Å². The van der Waals surface area contributed by atoms with E-state index in [1.54, 1.807) is 0 Å². The zero-order valence-corrected chi connectivity index (χ0v) is 12.3. The molecular formula is C16H17BrO. The molecule has 0 aromatic heterocycles. The molecule has 0 fully saturated rings. The fourth-order valence-corrected chi connectivity index (χ4v) is 2.44. The van der Waals surface area contributed by atoms with Gasteiger partial charge in [-0.2, -0.15) is 0 Å². The zero-order valence-electron chi connectivity index (χ0n) is 10.7. The van der Waals surface area contributed by atoms with Gasteiger partial charge in [0.1, 0.15) is 12.4 Å². The molecule has 0 saturated carbocycles. The van der Waals surface area contributed by atoms with E-state index in [9.17, 15) is 0 Å². The highest BCUT2D eigenvalue weighted by atomic mass is 79.9. The fraction of sp³-hybridized carbons (Fsp3) is 0.250. The lowest BCUT2D eigenvalue weighted by atomic mass is 10.0. The molecule has 0 unspecified atom stereocenters. The van der Waals surface area contributed by atoms with Crippen molar-refractivity contribution < 1.29 is 4.74 Å². The molecule has 0 saturated heterocycles. The molecule has 1 nitrogen and oxygen atoms in total. The van der Waals surface area contributed by atoms with Gasteiger partial charge < -0.3 is 4.74 Å². The van der Waals surface area contributed by atoms with Crippen LogP contribution in [0.25, 0.3) is 0 Å². The van der Waals surface area contributed by atoms with Crippen LogP contribution in [0.2, 0.25) is 0 Å². The molecule has 0 atom stereocenters. The van der Waals surface area contributed by atoms with Crippen molar-refractivity contribution in [1.82, 2.24) is 0 Å². The minimum Gasteiger partial charge on any atom is -0.489 e. The summed E-state index contributed by atoms with van der Waals surface area (Å²) in [6.07, 6.45) is 0. The Morgan fingerprint density at radius 3 is 2.28 bits per heavy atom. The van der Waals surface area contributed by atoms with Gasteiger partial charge in [0.25, 0.3) is 0 Å². The summed E-state index contributed by atoms with van der Waals surface area (Å²) in [5.41, 5.74) is 5.03. The Labute approximate surface area is 117 Å². The maximum atomic E-state index is 5.95. The number of hydrogen-bond donors (Lipinski definition) is 0. The van der Waals surface area contributed by atoms with Crippen LogP contribution in [0.3, 0.4) is 0 Å². The molecule has 0 aliphatic rings. The number of para-hydroxylation sites is 1. The van der Waals surface area contributed by atoms with Gasteiger partial charge in [-0.15, -0.1) is 0 Å². The topological polar surface area (TPSA) is 9.23 Å². The number of alkyl halides is 1. The van der Waals surface area contributed by atoms with Gasteiger partial charge in [-0.25, -0.2) is 0 Å². The summed E-state index contributed by atoms with van der Waals surface area (Å²) < 4.78 is 5.95. The third kappa shape index (κ3) is 2.94. The van der Waals surface area contributed by atoms with E-state index in [0.717, 1.165) is 11.1 Å². The molecule has 94 valence electrons. The second-order valence-electron chi connectivity index (χ2n) is 4.40. The molecule has 2 heteroatoms. The van der Waals surface area contributed by atoms with Gasteiger partial charge in [0.15, 0.2) is 0 Å². The average molecular weight is 305 g/mol. The number of ether oxygens (including phenoxy) is 1. The molecule has 0 bridgehead atoms. The van der Waals surface area contributed by atoms with E-state index in [0.29, 0.717) is 6.61 Å². The van der Waals surface area contributed by atoms with Gasteiger partial charge >= 0.3 is 0 Å². The van der Waals surface area contributed by atoms with Crippen LogP contribution in [-0.2, 0) is 11.9 Å². The Hall–Kier alpha value is -1.28. The third-order valence-electron chi connectivity index (χ3n) is 3.13. The van der Waals surface area contributed by atoms with E-state index in [4.69, 9.17) is 4.74 Å². The molecular weight excluding hydrogens is 288 g/mol. The average Bonchev–Trinajstić information content (AvgIpc) is 2.38. The quantitative estimate of drug-likeness (QED) is 0.739. The fourth-order valence-electron chi connectivity index (χ4n) is 1.98. The summed E-state index contributed by atoms with van der Waals surface area (Å²) >= 11 is 3.48. The van der Waals surface area contributed by atoms with E-state index >= 15 is 0 Å². The van der Waals surface area contributed by atoms with E-state index in [1.165, 1.54) is 22.3 Å². The van der Waals surface area contributed by atoms with Crippen LogP contribution in [0.15, 0.2) is 42.5 Å². The summed E-state index contributed by atoms with van der Waals surface area (Å²) in [5, 5.41) is 0.815. The third-order valence-corrected chi connectivity index (χ3v) is 3.74. The minimum atomic E-state index is 0.628. The van der Waals surface area contributed by atoms with Crippen LogP contribution >= 0.6 is 15.9 Å². The molecule has 0 aliphatic carbocycles. The summed E-state index contributed by atoms with van der Waals surface area (Å²) in [4.78, 5) is 0. The standard InChI is InChI=1S/C16H17BrO/c1-12-6-5-7-13(2)15(12)11-18-16-9-4-3-8-14(16)10-17/h3-9H,10-11H2,1-2H3. The summed E-state index contributed by atoms with van der Waals surface area (Å²) in [5.74, 6) is 0.956. The molecule has 0 spiro atoms. The van der Waals surface area contributed by atoms with Gasteiger partial charge in [-0.3, -0.25) is 0 Å². The number of aryl methyl sites for hydroxylation is 2. The Balaban J connectivity index is 2.16. The molecule has 2 aromatic rings. The second-order valence-corrected chi connectivity index (χ2v) is 4.96. The Morgan fingerprint density at radius 2 is 1.61 bits per heavy atom. The van der Waals surface area contributed by atoms with Gasteiger partial charge in [-0.05, 0) is 36.6 Å². The summed E-state index contributed by atoms with van der Waals surface area (Å²) in [6, 6.07) is 14.5. The predicted molar refractivity (Wildman–Crippen MR) is 79.3 cm³/mol. The van der Waals surface area contributed by atoms with Crippen LogP contribution in [0, 0.1) is 13.8 Å². The number of halogens is 1. The van der Waals surface area contributed by atoms with Gasteiger partial charge in [0.05, 0.1) is 0 Å². The lowest BCUT2D eigenvalue weighted by molar-refractivity contribution is 0.302. The van der Waals surface area contributed by atoms with E-state index < -0.39 is 0 Å². The van der Waals surface area contributed by atoms with Crippen molar-refractivity contribution in [1.29, 1.82) is 0 Å². The van der Waals surface area contributed by atoms with Crippen LogP contribution in [0.5, 0.6) is 5.75 Å². The lowest BCUT2D eigenvalue weighted by Crippen LogP contribution is -2.01. The molecule has 0 aliphatic heterocycles. The molecule has 0 heterocycles. The van der Waals surface area contributed by atoms with Crippen LogP contribution < -0.4 is 4.74 Å². The van der Waals surface area contributed by atoms with Crippen molar-refractivity contribution in [3.05, 3.63) is 64.7 Å². The molecule has 2 rings (SSSR count). The second kappa shape index (κ2) is 6.05. The minimum absolute atomic E-state index is 0.628. The van der Waals surface area contributed by atoms with E-state index in [2.05, 4.69) is 54.0 Å². The van der Waals surface area contributed by atoms with Crippen LogP contribution in [0.1, 0.15) is 22.3 Å². The van der Waals surface area contributed by atoms with Crippen molar-refractivity contribution >= 4 is 15.9 Å². The van der Waals surface area contributed by atoms with Gasteiger partial charge in [0, 0.05) is 10.9 Å². The highest BCUT2D eigenvalue weighted by Crippen LogP contribution is 2.23. The first-order chi connectivity index (χ1) is 8.72. The number of rotatable bonds is 4. The first kappa shape index (κ1) is 13.2. The van der Waals surface area contributed by atoms with Gasteiger partial charge in [0.2, 0.25) is 0 Å². The zero-order chi connectivity index (χ0) is 13.0. The first-order valence-corrected chi connectivity index (χ1v) is 7.16. The molecule has 0 amide bonds. The maximum absolute atomic E-state index is 5.95. The maximum Gasteiger partial charge on any atom is 0.123 e. The number of hydrogen-bond acceptors (Lipinski definition) is 1. The molecule has 0 N–H and O–H groups in total. The lowest BCUT2D eigenvalue weighted by Gasteiger charge is -2.13.